The molecule has 1 aliphatic carbocycles. The van der Waals surface area contributed by atoms with Crippen LogP contribution in [0.1, 0.15) is 42.4 Å². The number of halogens is 5. The predicted octanol–water partition coefficient (Wildman–Crippen LogP) is 7.04. The maximum absolute atomic E-state index is 14.4. The third kappa shape index (κ3) is 7.18. The average Bonchev–Trinajstić information content (AvgIpc) is 3.84. The summed E-state index contributed by atoms with van der Waals surface area (Å²) >= 11 is 18.6. The average molecular weight is 696 g/mol. The Balaban J connectivity index is 1.24. The molecule has 1 saturated carbocycles. The molecule has 2 fully saturated rings. The molecule has 2 atom stereocenters. The summed E-state index contributed by atoms with van der Waals surface area (Å²) in [5, 5.41) is 3.84. The molecule has 0 spiro atoms. The lowest BCUT2D eigenvalue weighted by Crippen LogP contribution is -2.57. The lowest BCUT2D eigenvalue weighted by Gasteiger charge is -2.40. The lowest BCUT2D eigenvalue weighted by molar-refractivity contribution is -0.128. The largest absolute Gasteiger partial charge is 0.489 e. The summed E-state index contributed by atoms with van der Waals surface area (Å²) in [6, 6.07) is 14.2. The number of benzene rings is 3. The Kier molecular flexibility index (Phi) is 9.46. The van der Waals surface area contributed by atoms with Gasteiger partial charge in [0.2, 0.25) is 0 Å². The van der Waals surface area contributed by atoms with Crippen LogP contribution in [0, 0.1) is 11.6 Å². The van der Waals surface area contributed by atoms with Crippen molar-refractivity contribution in [3.05, 3.63) is 104 Å². The van der Waals surface area contributed by atoms with Crippen LogP contribution in [0.3, 0.4) is 0 Å². The number of sulfone groups is 1. The van der Waals surface area contributed by atoms with E-state index >= 15 is 0 Å². The molecule has 2 bridgehead atoms. The first kappa shape index (κ1) is 32.3. The number of fused-ring (bicyclic) bond motifs is 2. The van der Waals surface area contributed by atoms with Gasteiger partial charge in [-0.15, -0.1) is 0 Å². The van der Waals surface area contributed by atoms with Crippen LogP contribution in [-0.2, 0) is 27.6 Å². The van der Waals surface area contributed by atoms with Crippen LogP contribution in [0.2, 0.25) is 15.1 Å². The van der Waals surface area contributed by atoms with Gasteiger partial charge in [-0.2, -0.15) is 0 Å². The predicted molar refractivity (Wildman–Crippen MR) is 173 cm³/mol. The summed E-state index contributed by atoms with van der Waals surface area (Å²) in [5.74, 6) is -2.08. The molecule has 6 nitrogen and oxygen atoms in total. The zero-order valence-corrected chi connectivity index (χ0v) is 27.3. The molecule has 238 valence electrons. The van der Waals surface area contributed by atoms with Gasteiger partial charge in [0.1, 0.15) is 10.8 Å². The number of rotatable bonds is 10. The molecule has 3 aliphatic rings. The minimum absolute atomic E-state index is 0.0208. The minimum Gasteiger partial charge on any atom is -0.489 e. The zero-order chi connectivity index (χ0) is 31.9. The molecule has 0 radical (unpaired) electrons. The summed E-state index contributed by atoms with van der Waals surface area (Å²) in [6.07, 6.45) is 3.28. The summed E-state index contributed by atoms with van der Waals surface area (Å²) in [7, 11) is -3.33. The number of carbonyl (C=O) groups excluding carboxylic acids is 1. The van der Waals surface area contributed by atoms with Gasteiger partial charge >= 0.3 is 0 Å². The highest BCUT2D eigenvalue weighted by atomic mass is 35.5. The SMILES string of the molecule is O=C(C1=C(c2ccc(CCCOc3c(F)ccc(F)c3Cl)cc2)C[C@@H]2CS(=O)(=O)C[C@H]1N2)N(Cc1cccc(Cl)c1Cl)C1CC1. The first-order valence-electron chi connectivity index (χ1n) is 14.8. The summed E-state index contributed by atoms with van der Waals surface area (Å²) < 4.78 is 58.7. The quantitative estimate of drug-likeness (QED) is 0.182. The molecule has 1 saturated heterocycles. The van der Waals surface area contributed by atoms with Crippen molar-refractivity contribution in [2.45, 2.75) is 56.8 Å². The van der Waals surface area contributed by atoms with E-state index in [0.717, 1.165) is 47.2 Å². The first-order chi connectivity index (χ1) is 21.5. The van der Waals surface area contributed by atoms with Crippen molar-refractivity contribution in [2.75, 3.05) is 18.1 Å². The van der Waals surface area contributed by atoms with E-state index in [9.17, 15) is 22.0 Å². The van der Waals surface area contributed by atoms with Crippen molar-refractivity contribution < 1.29 is 26.7 Å². The van der Waals surface area contributed by atoms with Crippen molar-refractivity contribution >= 4 is 56.1 Å². The maximum atomic E-state index is 14.4. The van der Waals surface area contributed by atoms with Crippen molar-refractivity contribution in [1.29, 1.82) is 0 Å². The second-order valence-electron chi connectivity index (χ2n) is 11.8. The Labute approximate surface area is 276 Å². The highest BCUT2D eigenvalue weighted by Crippen LogP contribution is 2.39. The lowest BCUT2D eigenvalue weighted by atomic mass is 9.85. The third-order valence-corrected chi connectivity index (χ3v) is 11.4. The Morgan fingerprint density at radius 1 is 0.956 bits per heavy atom. The van der Waals surface area contributed by atoms with Crippen LogP contribution >= 0.6 is 34.8 Å². The molecule has 6 rings (SSSR count). The minimum atomic E-state index is -3.33. The normalized spacial score (nSPS) is 20.6. The number of hydrogen-bond donors (Lipinski definition) is 1. The number of nitrogens with one attached hydrogen (secondary N) is 1. The first-order valence-corrected chi connectivity index (χ1v) is 17.7. The van der Waals surface area contributed by atoms with E-state index in [1.54, 1.807) is 17.0 Å². The maximum Gasteiger partial charge on any atom is 0.252 e. The topological polar surface area (TPSA) is 75.7 Å². The third-order valence-electron chi connectivity index (χ3n) is 8.45. The van der Waals surface area contributed by atoms with Gasteiger partial charge < -0.3 is 15.0 Å². The molecule has 2 heterocycles. The van der Waals surface area contributed by atoms with Gasteiger partial charge in [-0.05, 0) is 72.6 Å². The van der Waals surface area contributed by atoms with Crippen LogP contribution in [0.5, 0.6) is 5.75 Å². The van der Waals surface area contributed by atoms with Crippen LogP contribution in [0.4, 0.5) is 8.78 Å². The van der Waals surface area contributed by atoms with Crippen LogP contribution in [0.25, 0.3) is 5.57 Å². The number of carbonyl (C=O) groups is 1. The molecule has 0 unspecified atom stereocenters. The monoisotopic (exact) mass is 694 g/mol. The number of aryl methyl sites for hydroxylation is 1. The summed E-state index contributed by atoms with van der Waals surface area (Å²) in [5.41, 5.74) is 3.92. The molecule has 0 aromatic heterocycles. The summed E-state index contributed by atoms with van der Waals surface area (Å²) in [4.78, 5) is 16.2. The second-order valence-corrected chi connectivity index (χ2v) is 15.1. The fourth-order valence-electron chi connectivity index (χ4n) is 6.14. The molecule has 1 amide bonds. The van der Waals surface area contributed by atoms with E-state index in [1.807, 2.05) is 30.3 Å². The molecule has 12 heteroatoms. The number of amides is 1. The van der Waals surface area contributed by atoms with Crippen molar-refractivity contribution in [2.24, 2.45) is 0 Å². The van der Waals surface area contributed by atoms with Crippen molar-refractivity contribution in [3.63, 3.8) is 0 Å². The molecule has 2 aliphatic heterocycles. The Bertz CT molecular complexity index is 1760. The van der Waals surface area contributed by atoms with Crippen LogP contribution < -0.4 is 10.1 Å². The van der Waals surface area contributed by atoms with Crippen LogP contribution in [-0.4, -0.2) is 55.5 Å². The van der Waals surface area contributed by atoms with E-state index < -0.39 is 27.5 Å². The Hall–Kier alpha value is -2.69. The van der Waals surface area contributed by atoms with Gasteiger partial charge in [-0.3, -0.25) is 4.79 Å². The second kappa shape index (κ2) is 13.2. The Morgan fingerprint density at radius 2 is 1.69 bits per heavy atom. The van der Waals surface area contributed by atoms with E-state index in [-0.39, 0.29) is 53.4 Å². The van der Waals surface area contributed by atoms with Crippen molar-refractivity contribution in [3.8, 4) is 5.75 Å². The highest BCUT2D eigenvalue weighted by molar-refractivity contribution is 7.91. The molecular formula is C33H31Cl3F2N2O4S. The van der Waals surface area contributed by atoms with E-state index in [0.29, 0.717) is 34.9 Å². The van der Waals surface area contributed by atoms with Crippen molar-refractivity contribution in [1.82, 2.24) is 10.2 Å². The summed E-state index contributed by atoms with van der Waals surface area (Å²) in [6.45, 7) is 0.414. The molecule has 3 aromatic carbocycles. The fraction of sp³-hybridized carbons (Fsp3) is 0.364. The molecule has 3 aromatic rings. The molecule has 45 heavy (non-hydrogen) atoms. The highest BCUT2D eigenvalue weighted by Gasteiger charge is 2.44. The van der Waals surface area contributed by atoms with Gasteiger partial charge in [-0.1, -0.05) is 71.2 Å². The van der Waals surface area contributed by atoms with Gasteiger partial charge in [-0.25, -0.2) is 17.2 Å². The van der Waals surface area contributed by atoms with E-state index in [2.05, 4.69) is 5.32 Å². The fourth-order valence-corrected chi connectivity index (χ4v) is 8.46. The van der Waals surface area contributed by atoms with Gasteiger partial charge in [0.05, 0.1) is 34.2 Å². The van der Waals surface area contributed by atoms with Crippen LogP contribution in [0.15, 0.2) is 60.2 Å². The van der Waals surface area contributed by atoms with E-state index in [4.69, 9.17) is 39.5 Å². The van der Waals surface area contributed by atoms with E-state index in [1.165, 1.54) is 0 Å². The van der Waals surface area contributed by atoms with Gasteiger partial charge in [0.15, 0.2) is 21.4 Å². The number of ether oxygens (including phenoxy) is 1. The zero-order valence-electron chi connectivity index (χ0n) is 24.2. The number of nitrogens with zero attached hydrogens (tertiary/aromatic N) is 1. The Morgan fingerprint density at radius 3 is 2.42 bits per heavy atom. The molecule has 1 N–H and O–H groups in total. The number of hydrogen-bond acceptors (Lipinski definition) is 5. The smallest absolute Gasteiger partial charge is 0.252 e. The standard InChI is InChI=1S/C33H31Cl3F2N2O4S/c34-25-5-1-4-21(30(25)35)16-40(23-10-11-23)33(41)29-24(15-22-17-45(42,43)18-28(29)39-22)20-8-6-19(7-9-20)3-2-14-44-32-27(38)13-12-26(37)31(32)36/h1,4-9,12-13,22-23,28,39H,2-3,10-11,14-18H2/t22-,28-/m1/s1. The molecular weight excluding hydrogens is 665 g/mol. The van der Waals surface area contributed by atoms with Gasteiger partial charge in [0, 0.05) is 24.2 Å². The van der Waals surface area contributed by atoms with Gasteiger partial charge in [0.25, 0.3) is 5.91 Å².